The second-order valence-corrected chi connectivity index (χ2v) is 8.35. The molecule has 1 fully saturated rings. The summed E-state index contributed by atoms with van der Waals surface area (Å²) in [7, 11) is 0. The molecule has 4 heterocycles. The predicted molar refractivity (Wildman–Crippen MR) is 103 cm³/mol. The number of fused-ring (bicyclic) bond motifs is 1. The number of rotatable bonds is 3. The van der Waals surface area contributed by atoms with Crippen LogP contribution in [0.1, 0.15) is 27.8 Å². The van der Waals surface area contributed by atoms with E-state index in [1.807, 2.05) is 46.7 Å². The average molecular weight is 381 g/mol. The van der Waals surface area contributed by atoms with Gasteiger partial charge in [0.15, 0.2) is 5.82 Å². The number of aromatic nitrogens is 2. The second-order valence-electron chi connectivity index (χ2n) is 6.32. The van der Waals surface area contributed by atoms with Gasteiger partial charge in [-0.2, -0.15) is 4.98 Å². The zero-order valence-electron chi connectivity index (χ0n) is 13.8. The monoisotopic (exact) mass is 381 g/mol. The van der Waals surface area contributed by atoms with E-state index in [0.29, 0.717) is 18.3 Å². The Kier molecular flexibility index (Phi) is 3.83. The number of nitrogens with zero attached hydrogens (tertiary/aromatic N) is 3. The lowest BCUT2D eigenvalue weighted by molar-refractivity contribution is 0.0795. The molecule has 130 valence electrons. The molecule has 1 aromatic carbocycles. The molecule has 0 unspecified atom stereocenters. The molecule has 1 amide bonds. The molecule has 1 aliphatic heterocycles. The Hall–Kier alpha value is -2.51. The van der Waals surface area contributed by atoms with E-state index in [-0.39, 0.29) is 11.8 Å². The van der Waals surface area contributed by atoms with Gasteiger partial charge in [-0.25, -0.2) is 0 Å². The number of likely N-dealkylation sites (tertiary alicyclic amines) is 1. The highest BCUT2D eigenvalue weighted by molar-refractivity contribution is 7.20. The van der Waals surface area contributed by atoms with Crippen LogP contribution < -0.4 is 0 Å². The summed E-state index contributed by atoms with van der Waals surface area (Å²) in [5.74, 6) is 1.48. The van der Waals surface area contributed by atoms with E-state index in [2.05, 4.69) is 16.2 Å². The average Bonchev–Trinajstić information content (AvgIpc) is 3.47. The van der Waals surface area contributed by atoms with Gasteiger partial charge in [0.25, 0.3) is 11.8 Å². The summed E-state index contributed by atoms with van der Waals surface area (Å²) in [6, 6.07) is 14.0. The maximum atomic E-state index is 12.9. The van der Waals surface area contributed by atoms with Gasteiger partial charge in [0.05, 0.1) is 9.75 Å². The first kappa shape index (κ1) is 15.7. The highest BCUT2D eigenvalue weighted by Crippen LogP contribution is 2.32. The van der Waals surface area contributed by atoms with E-state index in [1.54, 1.807) is 22.7 Å². The van der Waals surface area contributed by atoms with Crippen LogP contribution in [0.5, 0.6) is 0 Å². The molecule has 5 nitrogen and oxygen atoms in total. The van der Waals surface area contributed by atoms with Crippen molar-refractivity contribution in [2.45, 2.75) is 12.3 Å². The molecular weight excluding hydrogens is 366 g/mol. The number of carbonyl (C=O) groups is 1. The van der Waals surface area contributed by atoms with Gasteiger partial charge in [-0.05, 0) is 35.4 Å². The molecule has 1 saturated heterocycles. The van der Waals surface area contributed by atoms with Crippen molar-refractivity contribution in [2.75, 3.05) is 13.1 Å². The van der Waals surface area contributed by atoms with Gasteiger partial charge in [0.1, 0.15) is 0 Å². The van der Waals surface area contributed by atoms with E-state index in [1.165, 1.54) is 0 Å². The van der Waals surface area contributed by atoms with Crippen molar-refractivity contribution in [3.05, 3.63) is 58.5 Å². The van der Waals surface area contributed by atoms with E-state index >= 15 is 0 Å². The zero-order valence-corrected chi connectivity index (χ0v) is 15.4. The fraction of sp³-hybridized carbons (Fsp3) is 0.211. The number of benzene rings is 1. The van der Waals surface area contributed by atoms with Crippen molar-refractivity contribution in [3.8, 4) is 10.8 Å². The number of carbonyl (C=O) groups excluding carboxylic acids is 1. The molecule has 3 aromatic heterocycles. The Morgan fingerprint density at radius 2 is 2.15 bits per heavy atom. The van der Waals surface area contributed by atoms with E-state index in [4.69, 9.17) is 4.52 Å². The van der Waals surface area contributed by atoms with Crippen LogP contribution in [0, 0.1) is 0 Å². The minimum Gasteiger partial charge on any atom is -0.337 e. The lowest BCUT2D eigenvalue weighted by Crippen LogP contribution is -2.27. The maximum absolute atomic E-state index is 12.9. The molecule has 4 aromatic rings. The largest absolute Gasteiger partial charge is 0.337 e. The Labute approximate surface area is 157 Å². The van der Waals surface area contributed by atoms with Crippen molar-refractivity contribution < 1.29 is 9.32 Å². The normalized spacial score (nSPS) is 17.2. The van der Waals surface area contributed by atoms with E-state index < -0.39 is 0 Å². The molecular formula is C19H15N3O2S2. The van der Waals surface area contributed by atoms with Crippen LogP contribution in [0.2, 0.25) is 0 Å². The van der Waals surface area contributed by atoms with Crippen molar-refractivity contribution in [1.29, 1.82) is 0 Å². The first-order chi connectivity index (χ1) is 12.8. The quantitative estimate of drug-likeness (QED) is 0.519. The molecule has 1 aliphatic rings. The van der Waals surface area contributed by atoms with Crippen LogP contribution in [0.15, 0.2) is 52.4 Å². The summed E-state index contributed by atoms with van der Waals surface area (Å²) >= 11 is 3.13. The molecule has 7 heteroatoms. The SMILES string of the molecule is O=C(c1cc2ccccc2s1)N1CC[C@@H](c2noc(-c3cccs3)n2)C1. The zero-order chi connectivity index (χ0) is 17.5. The Balaban J connectivity index is 1.33. The van der Waals surface area contributed by atoms with Crippen LogP contribution in [-0.4, -0.2) is 34.0 Å². The van der Waals surface area contributed by atoms with Crippen LogP contribution in [0.3, 0.4) is 0 Å². The molecule has 0 N–H and O–H groups in total. The molecule has 0 radical (unpaired) electrons. The van der Waals surface area contributed by atoms with E-state index in [9.17, 15) is 4.79 Å². The number of hydrogen-bond donors (Lipinski definition) is 0. The Morgan fingerprint density at radius 1 is 1.23 bits per heavy atom. The second kappa shape index (κ2) is 6.34. The lowest BCUT2D eigenvalue weighted by Gasteiger charge is -2.14. The molecule has 0 bridgehead atoms. The first-order valence-electron chi connectivity index (χ1n) is 8.43. The summed E-state index contributed by atoms with van der Waals surface area (Å²) < 4.78 is 6.53. The summed E-state index contributed by atoms with van der Waals surface area (Å²) in [5, 5.41) is 7.25. The molecule has 0 saturated carbocycles. The Morgan fingerprint density at radius 3 is 3.00 bits per heavy atom. The van der Waals surface area contributed by atoms with Gasteiger partial charge in [-0.15, -0.1) is 22.7 Å². The summed E-state index contributed by atoms with van der Waals surface area (Å²) in [6.45, 7) is 1.36. The van der Waals surface area contributed by atoms with E-state index in [0.717, 1.165) is 32.8 Å². The van der Waals surface area contributed by atoms with Gasteiger partial charge < -0.3 is 9.42 Å². The minimum absolute atomic E-state index is 0.0932. The minimum atomic E-state index is 0.0932. The fourth-order valence-electron chi connectivity index (χ4n) is 3.30. The molecule has 0 spiro atoms. The molecule has 1 atom stereocenters. The fourth-order valence-corrected chi connectivity index (χ4v) is 4.97. The third kappa shape index (κ3) is 2.73. The summed E-state index contributed by atoms with van der Waals surface area (Å²) in [5.41, 5.74) is 0. The van der Waals surface area contributed by atoms with Crippen molar-refractivity contribution >= 4 is 38.7 Å². The predicted octanol–water partition coefficient (Wildman–Crippen LogP) is 4.64. The number of thiophene rings is 2. The topological polar surface area (TPSA) is 59.2 Å². The van der Waals surface area contributed by atoms with Crippen LogP contribution in [-0.2, 0) is 0 Å². The van der Waals surface area contributed by atoms with Crippen LogP contribution in [0.25, 0.3) is 20.9 Å². The van der Waals surface area contributed by atoms with Gasteiger partial charge >= 0.3 is 0 Å². The van der Waals surface area contributed by atoms with Crippen LogP contribution >= 0.6 is 22.7 Å². The summed E-state index contributed by atoms with van der Waals surface area (Å²) in [4.78, 5) is 21.1. The highest BCUT2D eigenvalue weighted by atomic mass is 32.1. The first-order valence-corrected chi connectivity index (χ1v) is 10.1. The van der Waals surface area contributed by atoms with Gasteiger partial charge in [-0.3, -0.25) is 4.79 Å². The van der Waals surface area contributed by atoms with Crippen molar-refractivity contribution in [2.24, 2.45) is 0 Å². The van der Waals surface area contributed by atoms with Crippen LogP contribution in [0.4, 0.5) is 0 Å². The standard InChI is InChI=1S/C19H15N3O2S2/c23-19(16-10-12-4-1-2-5-14(12)26-16)22-8-7-13(11-22)17-20-18(24-21-17)15-6-3-9-25-15/h1-6,9-10,13H,7-8,11H2/t13-/m1/s1. The van der Waals surface area contributed by atoms with Crippen molar-refractivity contribution in [3.63, 3.8) is 0 Å². The Bertz CT molecular complexity index is 1030. The number of amides is 1. The summed E-state index contributed by atoms with van der Waals surface area (Å²) in [6.07, 6.45) is 0.861. The highest BCUT2D eigenvalue weighted by Gasteiger charge is 2.31. The lowest BCUT2D eigenvalue weighted by atomic mass is 10.1. The molecule has 5 rings (SSSR count). The third-order valence-corrected chi connectivity index (χ3v) is 6.61. The number of hydrogen-bond acceptors (Lipinski definition) is 6. The van der Waals surface area contributed by atoms with Gasteiger partial charge in [0, 0.05) is 23.7 Å². The third-order valence-electron chi connectivity index (χ3n) is 4.65. The van der Waals surface area contributed by atoms with Gasteiger partial charge in [-0.1, -0.05) is 29.4 Å². The van der Waals surface area contributed by atoms with Gasteiger partial charge in [0.2, 0.25) is 0 Å². The maximum Gasteiger partial charge on any atom is 0.267 e. The smallest absolute Gasteiger partial charge is 0.267 e. The molecule has 0 aliphatic carbocycles. The molecule has 26 heavy (non-hydrogen) atoms. The van der Waals surface area contributed by atoms with Crippen molar-refractivity contribution in [1.82, 2.24) is 15.0 Å².